The van der Waals surface area contributed by atoms with Crippen molar-refractivity contribution >= 4 is 54.4 Å². The molecule has 0 unspecified atom stereocenters. The molecule has 0 fully saturated rings. The van der Waals surface area contributed by atoms with Gasteiger partial charge in [-0.3, -0.25) is 47.3 Å². The fourth-order valence-electron chi connectivity index (χ4n) is 7.61. The van der Waals surface area contributed by atoms with Crippen molar-refractivity contribution < 1.29 is 60.6 Å². The van der Waals surface area contributed by atoms with Crippen LogP contribution in [-0.4, -0.2) is 61.2 Å². The first-order valence-corrected chi connectivity index (χ1v) is 23.8. The number of amides is 4. The summed E-state index contributed by atoms with van der Waals surface area (Å²) >= 11 is 0. The van der Waals surface area contributed by atoms with Gasteiger partial charge in [0.25, 0.3) is 0 Å². The summed E-state index contributed by atoms with van der Waals surface area (Å²) in [7, 11) is -5.53. The molecule has 68 heavy (non-hydrogen) atoms. The number of anilines is 1. The van der Waals surface area contributed by atoms with Gasteiger partial charge in [-0.2, -0.15) is 8.78 Å². The number of carbonyl (C=O) groups excluding carboxylic acids is 6. The maximum atomic E-state index is 16.2. The highest BCUT2D eigenvalue weighted by atomic mass is 31.2. The summed E-state index contributed by atoms with van der Waals surface area (Å²) in [6.45, 7) is 13.0. The molecule has 2 heterocycles. The fourth-order valence-corrected chi connectivity index (χ4v) is 8.86. The molecule has 15 nitrogen and oxygen atoms in total. The molecule has 18 heteroatoms. The normalized spacial score (nSPS) is 16.8. The first kappa shape index (κ1) is 52.9. The summed E-state index contributed by atoms with van der Waals surface area (Å²) in [5, 5.41) is 5.61. The highest BCUT2D eigenvalue weighted by Crippen LogP contribution is 2.67. The van der Waals surface area contributed by atoms with Crippen LogP contribution in [0.3, 0.4) is 0 Å². The molecule has 0 spiro atoms. The first-order valence-electron chi connectivity index (χ1n) is 22.2. The van der Waals surface area contributed by atoms with Gasteiger partial charge in [-0.25, -0.2) is 0 Å². The fraction of sp³-hybridized carbons (Fsp3) is 0.440. The number of carbonyl (C=O) groups is 6. The van der Waals surface area contributed by atoms with Gasteiger partial charge in [-0.05, 0) is 102 Å². The van der Waals surface area contributed by atoms with Crippen molar-refractivity contribution in [3.63, 3.8) is 0 Å². The van der Waals surface area contributed by atoms with Crippen molar-refractivity contribution in [2.75, 3.05) is 18.5 Å². The number of nitrogens with zero attached hydrogens (tertiary/aromatic N) is 1. The standard InChI is InChI=1S/C50H61F2N4O11P/c1-31(25-32(2)34-19-21-38(22-20-34)50(51,52)68(63,66-29-64-46(61)48(3,4)5)67-30-65-47(62)49(6,7)8)26-37-18-17-35-15-12-16-36-27-40(56(42(35)36)45(37)60)44(59)55-39(23-24-41(53)57)43(58)54-28-33-13-10-9-11-14-33/h9-16,19-22,25,37,39-40H,1,17-18,23-24,26-30H2,2-8H3,(H2,53,57)(H,54,58)(H,55,59)/b32-25+/t37-,39+,40+/m1/s1. The second kappa shape index (κ2) is 21.9. The van der Waals surface area contributed by atoms with E-state index in [1.807, 2.05) is 48.5 Å². The number of primary amides is 1. The lowest BCUT2D eigenvalue weighted by molar-refractivity contribution is -0.163. The number of nitrogens with one attached hydrogen (secondary N) is 2. The van der Waals surface area contributed by atoms with E-state index in [-0.39, 0.29) is 38.1 Å². The highest BCUT2D eigenvalue weighted by molar-refractivity contribution is 7.54. The van der Waals surface area contributed by atoms with E-state index >= 15 is 8.78 Å². The third-order valence-electron chi connectivity index (χ3n) is 11.5. The van der Waals surface area contributed by atoms with Crippen LogP contribution in [0.4, 0.5) is 14.5 Å². The van der Waals surface area contributed by atoms with E-state index in [0.29, 0.717) is 35.2 Å². The molecule has 3 atom stereocenters. The van der Waals surface area contributed by atoms with E-state index in [1.54, 1.807) is 13.0 Å². The van der Waals surface area contributed by atoms with Crippen LogP contribution in [0.25, 0.3) is 5.57 Å². The maximum absolute atomic E-state index is 16.2. The Balaban J connectivity index is 1.30. The molecule has 0 aliphatic carbocycles. The van der Waals surface area contributed by atoms with Crippen LogP contribution < -0.4 is 21.3 Å². The van der Waals surface area contributed by atoms with E-state index in [9.17, 15) is 33.3 Å². The number of halogens is 2. The molecule has 3 aromatic rings. The van der Waals surface area contributed by atoms with Gasteiger partial charge in [0.2, 0.25) is 37.2 Å². The van der Waals surface area contributed by atoms with Crippen molar-refractivity contribution in [2.45, 2.75) is 111 Å². The number of alkyl halides is 2. The molecule has 0 saturated heterocycles. The summed E-state index contributed by atoms with van der Waals surface area (Å²) in [5.41, 5.74) is 3.13. The minimum atomic E-state index is -5.53. The molecule has 3 aromatic carbocycles. The lowest BCUT2D eigenvalue weighted by Gasteiger charge is -2.29. The van der Waals surface area contributed by atoms with E-state index in [4.69, 9.17) is 24.3 Å². The van der Waals surface area contributed by atoms with Crippen molar-refractivity contribution in [1.82, 2.24) is 10.6 Å². The summed E-state index contributed by atoms with van der Waals surface area (Å²) < 4.78 is 65.9. The van der Waals surface area contributed by atoms with Gasteiger partial charge >= 0.3 is 25.2 Å². The Bertz CT molecular complexity index is 2430. The Labute approximate surface area is 395 Å². The lowest BCUT2D eigenvalue weighted by atomic mass is 9.91. The van der Waals surface area contributed by atoms with Gasteiger partial charge in [-0.15, -0.1) is 0 Å². The first-order chi connectivity index (χ1) is 31.8. The minimum Gasteiger partial charge on any atom is -0.438 e. The van der Waals surface area contributed by atoms with Gasteiger partial charge in [0, 0.05) is 30.9 Å². The number of para-hydroxylation sites is 1. The number of aryl methyl sites for hydroxylation is 1. The zero-order valence-corrected chi connectivity index (χ0v) is 40.4. The van der Waals surface area contributed by atoms with E-state index < -0.39 is 90.9 Å². The van der Waals surface area contributed by atoms with Crippen LogP contribution >= 0.6 is 7.60 Å². The van der Waals surface area contributed by atoms with Crippen molar-refractivity contribution in [2.24, 2.45) is 22.5 Å². The number of hydrogen-bond acceptors (Lipinski definition) is 11. The zero-order chi connectivity index (χ0) is 50.2. The quantitative estimate of drug-likeness (QED) is 0.0428. The second-order valence-electron chi connectivity index (χ2n) is 19.0. The van der Waals surface area contributed by atoms with E-state index in [1.165, 1.54) is 58.6 Å². The number of benzene rings is 3. The van der Waals surface area contributed by atoms with Crippen LogP contribution in [0.15, 0.2) is 91.0 Å². The predicted molar refractivity (Wildman–Crippen MR) is 250 cm³/mol. The Hall–Kier alpha value is -6.03. The molecule has 0 bridgehead atoms. The van der Waals surface area contributed by atoms with E-state index in [2.05, 4.69) is 17.2 Å². The van der Waals surface area contributed by atoms with Crippen LogP contribution in [0, 0.1) is 16.7 Å². The van der Waals surface area contributed by atoms with Crippen LogP contribution in [-0.2, 0) is 76.9 Å². The number of ether oxygens (including phenoxy) is 2. The maximum Gasteiger partial charge on any atom is 0.410 e. The molecule has 4 amide bonds. The van der Waals surface area contributed by atoms with Gasteiger partial charge in [0.05, 0.1) is 16.5 Å². The van der Waals surface area contributed by atoms with Crippen molar-refractivity contribution in [3.8, 4) is 0 Å². The molecule has 366 valence electrons. The molecule has 0 radical (unpaired) electrons. The van der Waals surface area contributed by atoms with Crippen molar-refractivity contribution in [3.05, 3.63) is 119 Å². The average molecular weight is 963 g/mol. The zero-order valence-electron chi connectivity index (χ0n) is 39.5. The average Bonchev–Trinajstić information content (AvgIpc) is 3.62. The molecule has 2 aliphatic rings. The Morgan fingerprint density at radius 3 is 2.04 bits per heavy atom. The SMILES string of the molecule is C=C(/C=C(\C)c1ccc(C(F)(F)P(=O)(OCOC(=O)C(C)(C)C)OCOC(=O)C(C)(C)C)cc1)C[C@H]1CCc2cccc3c2N(C1=O)[C@H](C(=O)N[C@@H](CCC(N)=O)C(=O)NCc1ccccc1)C3. The van der Waals surface area contributed by atoms with Crippen LogP contribution in [0.2, 0.25) is 0 Å². The Morgan fingerprint density at radius 1 is 0.882 bits per heavy atom. The third-order valence-corrected chi connectivity index (χ3v) is 13.3. The monoisotopic (exact) mass is 962 g/mol. The lowest BCUT2D eigenvalue weighted by Crippen LogP contribution is -2.55. The van der Waals surface area contributed by atoms with Crippen LogP contribution in [0.1, 0.15) is 102 Å². The third kappa shape index (κ3) is 13.1. The summed E-state index contributed by atoms with van der Waals surface area (Å²) in [6, 6.07) is 17.6. The number of rotatable bonds is 20. The molecule has 0 aromatic heterocycles. The van der Waals surface area contributed by atoms with Gasteiger partial charge in [-0.1, -0.05) is 91.0 Å². The molecule has 4 N–H and O–H groups in total. The van der Waals surface area contributed by atoms with E-state index in [0.717, 1.165) is 28.8 Å². The number of esters is 2. The second-order valence-corrected chi connectivity index (χ2v) is 21.1. The van der Waals surface area contributed by atoms with Crippen LogP contribution in [0.5, 0.6) is 0 Å². The predicted octanol–water partition coefficient (Wildman–Crippen LogP) is 7.99. The smallest absolute Gasteiger partial charge is 0.410 e. The molecule has 5 rings (SSSR count). The number of allylic oxidation sites excluding steroid dienone is 3. The molecular weight excluding hydrogens is 902 g/mol. The number of hydrogen-bond donors (Lipinski definition) is 3. The largest absolute Gasteiger partial charge is 0.438 e. The highest BCUT2D eigenvalue weighted by Gasteiger charge is 2.56. The molecular formula is C50H61F2N4O11P. The summed E-state index contributed by atoms with van der Waals surface area (Å²) in [5.74, 6) is -4.23. The van der Waals surface area contributed by atoms with Gasteiger partial charge in [0.1, 0.15) is 12.1 Å². The van der Waals surface area contributed by atoms with Crippen molar-refractivity contribution in [1.29, 1.82) is 0 Å². The Morgan fingerprint density at radius 2 is 1.47 bits per heavy atom. The summed E-state index contributed by atoms with van der Waals surface area (Å²) in [6.07, 6.45) is 2.90. The molecule has 0 saturated carbocycles. The molecule has 2 aliphatic heterocycles. The minimum absolute atomic E-state index is 0.0452. The van der Waals surface area contributed by atoms with Gasteiger partial charge in [0.15, 0.2) is 0 Å². The Kier molecular flexibility index (Phi) is 17.1. The number of nitrogens with two attached hydrogens (primary N) is 1. The topological polar surface area (TPSA) is 210 Å². The van der Waals surface area contributed by atoms with Gasteiger partial charge < -0.3 is 25.8 Å². The summed E-state index contributed by atoms with van der Waals surface area (Å²) in [4.78, 5) is 80.0.